The molecule has 7 heteroatoms. The summed E-state index contributed by atoms with van der Waals surface area (Å²) < 4.78 is 4.71. The van der Waals surface area contributed by atoms with Gasteiger partial charge in [-0.25, -0.2) is 4.79 Å². The first-order valence-electron chi connectivity index (χ1n) is 7.58. The molecule has 2 N–H and O–H groups in total. The predicted octanol–water partition coefficient (Wildman–Crippen LogP) is 4.07. The van der Waals surface area contributed by atoms with Gasteiger partial charge in [0.15, 0.2) is 0 Å². The van der Waals surface area contributed by atoms with Crippen molar-refractivity contribution < 1.29 is 14.3 Å². The third-order valence-electron chi connectivity index (χ3n) is 3.60. The van der Waals surface area contributed by atoms with Gasteiger partial charge < -0.3 is 15.4 Å². The fourth-order valence-electron chi connectivity index (χ4n) is 2.28. The number of carbonyl (C=O) groups is 2. The Morgan fingerprint density at radius 1 is 1.16 bits per heavy atom. The van der Waals surface area contributed by atoms with Crippen LogP contribution < -0.4 is 10.6 Å². The standard InChI is InChI=1S/C18H18Cl2N2O3/c1-11(13-8-7-12(19)9-15(13)20)21-10-17(23)22-16-6-4-3-5-14(16)18(24)25-2/h3-9,11,21H,10H2,1-2H3,(H,22,23)/t11-/m0/s1. The Kier molecular flexibility index (Phi) is 6.82. The van der Waals surface area contributed by atoms with Crippen molar-refractivity contribution in [2.45, 2.75) is 13.0 Å². The Morgan fingerprint density at radius 2 is 1.88 bits per heavy atom. The van der Waals surface area contributed by atoms with Crippen LogP contribution in [0.1, 0.15) is 28.9 Å². The van der Waals surface area contributed by atoms with Crippen LogP contribution in [0.15, 0.2) is 42.5 Å². The lowest BCUT2D eigenvalue weighted by Gasteiger charge is -2.16. The zero-order chi connectivity index (χ0) is 18.4. The summed E-state index contributed by atoms with van der Waals surface area (Å²) >= 11 is 12.0. The van der Waals surface area contributed by atoms with E-state index < -0.39 is 5.97 Å². The number of hydrogen-bond donors (Lipinski definition) is 2. The van der Waals surface area contributed by atoms with Crippen LogP contribution in [-0.2, 0) is 9.53 Å². The number of carbonyl (C=O) groups excluding carboxylic acids is 2. The smallest absolute Gasteiger partial charge is 0.339 e. The molecule has 132 valence electrons. The van der Waals surface area contributed by atoms with E-state index in [0.717, 1.165) is 5.56 Å². The van der Waals surface area contributed by atoms with Crippen LogP contribution in [0.2, 0.25) is 10.0 Å². The summed E-state index contributed by atoms with van der Waals surface area (Å²) in [5.41, 5.74) is 1.54. The van der Waals surface area contributed by atoms with Gasteiger partial charge in [-0.1, -0.05) is 41.4 Å². The number of hydrogen-bond acceptors (Lipinski definition) is 4. The van der Waals surface area contributed by atoms with E-state index in [0.29, 0.717) is 21.3 Å². The summed E-state index contributed by atoms with van der Waals surface area (Å²) in [6.07, 6.45) is 0. The van der Waals surface area contributed by atoms with Gasteiger partial charge in [0.25, 0.3) is 0 Å². The monoisotopic (exact) mass is 380 g/mol. The van der Waals surface area contributed by atoms with Gasteiger partial charge in [-0.3, -0.25) is 4.79 Å². The Bertz CT molecular complexity index is 781. The van der Waals surface area contributed by atoms with Crippen LogP contribution in [-0.4, -0.2) is 25.5 Å². The number of nitrogens with one attached hydrogen (secondary N) is 2. The Balaban J connectivity index is 1.98. The number of amides is 1. The minimum atomic E-state index is -0.509. The number of methoxy groups -OCH3 is 1. The van der Waals surface area contributed by atoms with Crippen molar-refractivity contribution in [1.29, 1.82) is 0 Å². The third-order valence-corrected chi connectivity index (χ3v) is 4.17. The minimum Gasteiger partial charge on any atom is -0.465 e. The lowest BCUT2D eigenvalue weighted by atomic mass is 10.1. The number of benzene rings is 2. The zero-order valence-corrected chi connectivity index (χ0v) is 15.3. The number of ether oxygens (including phenoxy) is 1. The van der Waals surface area contributed by atoms with Crippen LogP contribution in [0.3, 0.4) is 0 Å². The maximum Gasteiger partial charge on any atom is 0.339 e. The van der Waals surface area contributed by atoms with Gasteiger partial charge in [0.2, 0.25) is 5.91 Å². The summed E-state index contributed by atoms with van der Waals surface area (Å²) in [5.74, 6) is -0.793. The second-order valence-electron chi connectivity index (χ2n) is 5.35. The molecule has 0 saturated carbocycles. The van der Waals surface area contributed by atoms with Gasteiger partial charge in [-0.2, -0.15) is 0 Å². The average Bonchev–Trinajstić information content (AvgIpc) is 2.59. The number of rotatable bonds is 6. The van der Waals surface area contributed by atoms with Crippen molar-refractivity contribution in [2.24, 2.45) is 0 Å². The first kappa shape index (κ1) is 19.2. The molecule has 0 heterocycles. The van der Waals surface area contributed by atoms with E-state index in [4.69, 9.17) is 27.9 Å². The van der Waals surface area contributed by atoms with Crippen molar-refractivity contribution in [3.63, 3.8) is 0 Å². The van der Waals surface area contributed by atoms with Crippen LogP contribution in [0.4, 0.5) is 5.69 Å². The van der Waals surface area contributed by atoms with E-state index >= 15 is 0 Å². The minimum absolute atomic E-state index is 0.0512. The highest BCUT2D eigenvalue weighted by Crippen LogP contribution is 2.26. The van der Waals surface area contributed by atoms with Crippen LogP contribution in [0, 0.1) is 0 Å². The second-order valence-corrected chi connectivity index (χ2v) is 6.20. The van der Waals surface area contributed by atoms with Crippen LogP contribution >= 0.6 is 23.2 Å². The molecule has 0 aliphatic rings. The molecule has 0 aromatic heterocycles. The summed E-state index contributed by atoms with van der Waals surface area (Å²) in [5, 5.41) is 6.87. The van der Waals surface area contributed by atoms with Gasteiger partial charge in [-0.05, 0) is 36.8 Å². The molecule has 2 aromatic carbocycles. The van der Waals surface area contributed by atoms with Gasteiger partial charge in [0.05, 0.1) is 24.9 Å². The van der Waals surface area contributed by atoms with E-state index in [1.807, 2.05) is 13.0 Å². The second kappa shape index (κ2) is 8.85. The number of anilines is 1. The summed E-state index contributed by atoms with van der Waals surface area (Å²) in [7, 11) is 1.29. The zero-order valence-electron chi connectivity index (χ0n) is 13.8. The van der Waals surface area contributed by atoms with Gasteiger partial charge in [-0.15, -0.1) is 0 Å². The van der Waals surface area contributed by atoms with Crippen molar-refractivity contribution in [2.75, 3.05) is 19.0 Å². The van der Waals surface area contributed by atoms with Gasteiger partial charge >= 0.3 is 5.97 Å². The maximum absolute atomic E-state index is 12.2. The quantitative estimate of drug-likeness (QED) is 0.741. The molecular weight excluding hydrogens is 363 g/mol. The highest BCUT2D eigenvalue weighted by atomic mass is 35.5. The molecule has 2 aromatic rings. The molecule has 0 fully saturated rings. The van der Waals surface area contributed by atoms with E-state index in [1.165, 1.54) is 7.11 Å². The molecule has 2 rings (SSSR count). The Morgan fingerprint density at radius 3 is 2.56 bits per heavy atom. The lowest BCUT2D eigenvalue weighted by Crippen LogP contribution is -2.30. The van der Waals surface area contributed by atoms with Crippen molar-refractivity contribution in [3.8, 4) is 0 Å². The average molecular weight is 381 g/mol. The molecule has 25 heavy (non-hydrogen) atoms. The van der Waals surface area contributed by atoms with E-state index in [1.54, 1.807) is 36.4 Å². The van der Waals surface area contributed by atoms with E-state index in [-0.39, 0.29) is 18.5 Å². The first-order chi connectivity index (χ1) is 11.9. The van der Waals surface area contributed by atoms with Crippen LogP contribution in [0.25, 0.3) is 0 Å². The molecular formula is C18H18Cl2N2O3. The lowest BCUT2D eigenvalue weighted by molar-refractivity contribution is -0.115. The highest BCUT2D eigenvalue weighted by molar-refractivity contribution is 6.35. The molecule has 1 amide bonds. The number of esters is 1. The van der Waals surface area contributed by atoms with Gasteiger partial charge in [0, 0.05) is 16.1 Å². The Labute approximate surface area is 156 Å². The topological polar surface area (TPSA) is 67.4 Å². The number of para-hydroxylation sites is 1. The molecule has 0 aliphatic carbocycles. The molecule has 0 radical (unpaired) electrons. The maximum atomic E-state index is 12.2. The summed E-state index contributed by atoms with van der Waals surface area (Å²) in [6.45, 7) is 1.94. The molecule has 0 spiro atoms. The normalized spacial score (nSPS) is 11.7. The van der Waals surface area contributed by atoms with E-state index in [2.05, 4.69) is 10.6 Å². The molecule has 1 atom stereocenters. The first-order valence-corrected chi connectivity index (χ1v) is 8.33. The third kappa shape index (κ3) is 5.19. The van der Waals surface area contributed by atoms with E-state index in [9.17, 15) is 9.59 Å². The summed E-state index contributed by atoms with van der Waals surface area (Å²) in [4.78, 5) is 23.9. The van der Waals surface area contributed by atoms with Crippen molar-refractivity contribution in [1.82, 2.24) is 5.32 Å². The molecule has 0 aliphatic heterocycles. The molecule has 0 saturated heterocycles. The highest BCUT2D eigenvalue weighted by Gasteiger charge is 2.15. The predicted molar refractivity (Wildman–Crippen MR) is 99.3 cm³/mol. The van der Waals surface area contributed by atoms with Crippen molar-refractivity contribution in [3.05, 3.63) is 63.6 Å². The largest absolute Gasteiger partial charge is 0.465 e. The SMILES string of the molecule is COC(=O)c1ccccc1NC(=O)CN[C@@H](C)c1ccc(Cl)cc1Cl. The molecule has 0 bridgehead atoms. The Hall–Kier alpha value is -2.08. The fourth-order valence-corrected chi connectivity index (χ4v) is 2.86. The van der Waals surface area contributed by atoms with Crippen LogP contribution in [0.5, 0.6) is 0 Å². The van der Waals surface area contributed by atoms with Crippen molar-refractivity contribution >= 4 is 40.8 Å². The molecule has 5 nitrogen and oxygen atoms in total. The summed E-state index contributed by atoms with van der Waals surface area (Å²) in [6, 6.07) is 11.7. The van der Waals surface area contributed by atoms with Gasteiger partial charge in [0.1, 0.15) is 0 Å². The number of halogens is 2. The molecule has 0 unspecified atom stereocenters. The fraction of sp³-hybridized carbons (Fsp3) is 0.222.